The van der Waals surface area contributed by atoms with Crippen molar-refractivity contribution in [2.24, 2.45) is 0 Å². The summed E-state index contributed by atoms with van der Waals surface area (Å²) in [5, 5.41) is 9.37. The summed E-state index contributed by atoms with van der Waals surface area (Å²) in [6.07, 6.45) is 4.40. The summed E-state index contributed by atoms with van der Waals surface area (Å²) >= 11 is 0. The van der Waals surface area contributed by atoms with Gasteiger partial charge in [-0.3, -0.25) is 4.98 Å². The number of hydrogen-bond acceptors (Lipinski definition) is 5. The summed E-state index contributed by atoms with van der Waals surface area (Å²) in [6, 6.07) is 10.2. The van der Waals surface area contributed by atoms with Crippen molar-refractivity contribution in [3.8, 4) is 0 Å². The lowest BCUT2D eigenvalue weighted by molar-refractivity contribution is 0.663. The zero-order valence-electron chi connectivity index (χ0n) is 12.1. The number of nitrogens with zero attached hydrogens (tertiary/aromatic N) is 6. The highest BCUT2D eigenvalue weighted by Gasteiger charge is 2.09. The highest BCUT2D eigenvalue weighted by atomic mass is 15.4. The fourth-order valence-electron chi connectivity index (χ4n) is 2.46. The summed E-state index contributed by atoms with van der Waals surface area (Å²) in [4.78, 5) is 13.2. The SMILES string of the molecule is CCc1cnc2nnn(Cc3ccc4ncccc4c3)c2n1. The smallest absolute Gasteiger partial charge is 0.221 e. The van der Waals surface area contributed by atoms with Crippen LogP contribution in [0.3, 0.4) is 0 Å². The molecule has 6 heteroatoms. The summed E-state index contributed by atoms with van der Waals surface area (Å²) < 4.78 is 1.79. The van der Waals surface area contributed by atoms with Crippen molar-refractivity contribution < 1.29 is 0 Å². The third-order valence-electron chi connectivity index (χ3n) is 3.64. The van der Waals surface area contributed by atoms with E-state index in [0.717, 1.165) is 34.2 Å². The Labute approximate surface area is 126 Å². The van der Waals surface area contributed by atoms with Gasteiger partial charge in [-0.05, 0) is 30.2 Å². The van der Waals surface area contributed by atoms with Crippen molar-refractivity contribution in [3.05, 3.63) is 54.0 Å². The molecule has 6 nitrogen and oxygen atoms in total. The Morgan fingerprint density at radius 3 is 3.00 bits per heavy atom. The van der Waals surface area contributed by atoms with Crippen molar-refractivity contribution in [1.29, 1.82) is 0 Å². The molecule has 3 heterocycles. The average molecular weight is 290 g/mol. The number of rotatable bonds is 3. The van der Waals surface area contributed by atoms with E-state index in [1.807, 2.05) is 12.1 Å². The van der Waals surface area contributed by atoms with Crippen molar-refractivity contribution in [1.82, 2.24) is 29.9 Å². The molecular weight excluding hydrogens is 276 g/mol. The minimum Gasteiger partial charge on any atom is -0.256 e. The minimum absolute atomic E-state index is 0.583. The predicted octanol–water partition coefficient (Wildman–Crippen LogP) is 2.38. The zero-order chi connectivity index (χ0) is 14.9. The molecule has 0 fully saturated rings. The van der Waals surface area contributed by atoms with Gasteiger partial charge in [-0.25, -0.2) is 14.6 Å². The van der Waals surface area contributed by atoms with Gasteiger partial charge in [-0.2, -0.15) is 0 Å². The van der Waals surface area contributed by atoms with E-state index in [1.54, 1.807) is 17.1 Å². The monoisotopic (exact) mass is 290 g/mol. The molecular formula is C16H14N6. The van der Waals surface area contributed by atoms with E-state index < -0.39 is 0 Å². The van der Waals surface area contributed by atoms with Crippen LogP contribution in [-0.4, -0.2) is 29.9 Å². The fraction of sp³-hybridized carbons (Fsp3) is 0.188. The van der Waals surface area contributed by atoms with Crippen LogP contribution in [0.5, 0.6) is 0 Å². The number of benzene rings is 1. The topological polar surface area (TPSA) is 69.4 Å². The maximum absolute atomic E-state index is 4.58. The summed E-state index contributed by atoms with van der Waals surface area (Å²) in [5.41, 5.74) is 4.38. The fourth-order valence-corrected chi connectivity index (χ4v) is 2.46. The molecule has 0 amide bonds. The Kier molecular flexibility index (Phi) is 3.00. The lowest BCUT2D eigenvalue weighted by Gasteiger charge is -2.04. The minimum atomic E-state index is 0.583. The summed E-state index contributed by atoms with van der Waals surface area (Å²) in [5.74, 6) is 0. The molecule has 3 aromatic heterocycles. The van der Waals surface area contributed by atoms with E-state index in [-0.39, 0.29) is 0 Å². The first-order valence-corrected chi connectivity index (χ1v) is 7.22. The zero-order valence-corrected chi connectivity index (χ0v) is 12.1. The molecule has 0 bridgehead atoms. The summed E-state index contributed by atoms with van der Waals surface area (Å²) in [6.45, 7) is 2.67. The first kappa shape index (κ1) is 12.8. The molecule has 108 valence electrons. The van der Waals surface area contributed by atoms with Crippen LogP contribution in [-0.2, 0) is 13.0 Å². The van der Waals surface area contributed by atoms with Crippen molar-refractivity contribution >= 4 is 22.2 Å². The van der Waals surface area contributed by atoms with E-state index in [2.05, 4.69) is 50.4 Å². The molecule has 0 aliphatic rings. The standard InChI is InChI=1S/C16H14N6/c1-2-13-9-18-15-16(19-13)22(21-20-15)10-11-5-6-14-12(8-11)4-3-7-17-14/h3-9H,2,10H2,1H3. The molecule has 0 spiro atoms. The number of aromatic nitrogens is 6. The number of fused-ring (bicyclic) bond motifs is 2. The van der Waals surface area contributed by atoms with Crippen LogP contribution in [0, 0.1) is 0 Å². The van der Waals surface area contributed by atoms with E-state index in [4.69, 9.17) is 0 Å². The first-order valence-electron chi connectivity index (χ1n) is 7.22. The van der Waals surface area contributed by atoms with Crippen molar-refractivity contribution in [3.63, 3.8) is 0 Å². The molecule has 22 heavy (non-hydrogen) atoms. The molecule has 0 saturated carbocycles. The maximum Gasteiger partial charge on any atom is 0.221 e. The molecule has 4 aromatic rings. The highest BCUT2D eigenvalue weighted by molar-refractivity contribution is 5.79. The van der Waals surface area contributed by atoms with Gasteiger partial charge in [0.2, 0.25) is 5.65 Å². The van der Waals surface area contributed by atoms with Gasteiger partial charge in [0.05, 0.1) is 24.0 Å². The Morgan fingerprint density at radius 2 is 2.09 bits per heavy atom. The Morgan fingerprint density at radius 1 is 1.14 bits per heavy atom. The predicted molar refractivity (Wildman–Crippen MR) is 83.3 cm³/mol. The molecule has 1 aromatic carbocycles. The number of hydrogen-bond donors (Lipinski definition) is 0. The van der Waals surface area contributed by atoms with Gasteiger partial charge < -0.3 is 0 Å². The third kappa shape index (κ3) is 2.18. The third-order valence-corrected chi connectivity index (χ3v) is 3.64. The molecule has 0 radical (unpaired) electrons. The van der Waals surface area contributed by atoms with Gasteiger partial charge in [0.15, 0.2) is 5.65 Å². The van der Waals surface area contributed by atoms with Crippen LogP contribution in [0.1, 0.15) is 18.2 Å². The van der Waals surface area contributed by atoms with Crippen LogP contribution >= 0.6 is 0 Å². The molecule has 4 rings (SSSR count). The Balaban J connectivity index is 1.75. The second-order valence-corrected chi connectivity index (χ2v) is 5.14. The van der Waals surface area contributed by atoms with Gasteiger partial charge in [0, 0.05) is 11.6 Å². The quantitative estimate of drug-likeness (QED) is 0.579. The van der Waals surface area contributed by atoms with E-state index in [9.17, 15) is 0 Å². The van der Waals surface area contributed by atoms with Crippen LogP contribution in [0.4, 0.5) is 0 Å². The van der Waals surface area contributed by atoms with Gasteiger partial charge >= 0.3 is 0 Å². The Hall–Kier alpha value is -2.89. The van der Waals surface area contributed by atoms with Crippen LogP contribution in [0.2, 0.25) is 0 Å². The first-order chi connectivity index (χ1) is 10.8. The van der Waals surface area contributed by atoms with Crippen LogP contribution in [0.25, 0.3) is 22.2 Å². The van der Waals surface area contributed by atoms with Crippen molar-refractivity contribution in [2.75, 3.05) is 0 Å². The lowest BCUT2D eigenvalue weighted by atomic mass is 10.1. The van der Waals surface area contributed by atoms with E-state index >= 15 is 0 Å². The van der Waals surface area contributed by atoms with E-state index in [0.29, 0.717) is 12.2 Å². The second-order valence-electron chi connectivity index (χ2n) is 5.14. The Bertz CT molecular complexity index is 959. The van der Waals surface area contributed by atoms with Crippen LogP contribution < -0.4 is 0 Å². The largest absolute Gasteiger partial charge is 0.256 e. The molecule has 0 saturated heterocycles. The van der Waals surface area contributed by atoms with Gasteiger partial charge in [0.1, 0.15) is 0 Å². The molecule has 0 aliphatic heterocycles. The average Bonchev–Trinajstić information content (AvgIpc) is 2.97. The summed E-state index contributed by atoms with van der Waals surface area (Å²) in [7, 11) is 0. The lowest BCUT2D eigenvalue weighted by Crippen LogP contribution is -2.04. The van der Waals surface area contributed by atoms with Gasteiger partial charge in [-0.15, -0.1) is 5.10 Å². The van der Waals surface area contributed by atoms with E-state index in [1.165, 1.54) is 0 Å². The molecule has 0 aliphatic carbocycles. The van der Waals surface area contributed by atoms with Gasteiger partial charge in [0.25, 0.3) is 0 Å². The molecule has 0 unspecified atom stereocenters. The maximum atomic E-state index is 4.58. The highest BCUT2D eigenvalue weighted by Crippen LogP contribution is 2.15. The van der Waals surface area contributed by atoms with Crippen LogP contribution in [0.15, 0.2) is 42.7 Å². The molecule has 0 N–H and O–H groups in total. The normalized spacial score (nSPS) is 11.3. The number of pyridine rings is 1. The number of aryl methyl sites for hydroxylation is 1. The molecule has 0 atom stereocenters. The second kappa shape index (κ2) is 5.14. The van der Waals surface area contributed by atoms with Gasteiger partial charge in [-0.1, -0.05) is 24.3 Å². The van der Waals surface area contributed by atoms with Crippen molar-refractivity contribution in [2.45, 2.75) is 19.9 Å².